The molecule has 1 unspecified atom stereocenters. The summed E-state index contributed by atoms with van der Waals surface area (Å²) in [6, 6.07) is 0. The molecule has 0 aliphatic carbocycles. The summed E-state index contributed by atoms with van der Waals surface area (Å²) in [6.07, 6.45) is -14.8. The topological polar surface area (TPSA) is 38.0 Å². The summed E-state index contributed by atoms with van der Waals surface area (Å²) in [5.41, 5.74) is 0.169. The first kappa shape index (κ1) is 17.1. The molecule has 0 fully saturated rings. The lowest BCUT2D eigenvalue weighted by Crippen LogP contribution is -2.45. The summed E-state index contributed by atoms with van der Waals surface area (Å²) in [6.45, 7) is 1.45. The third-order valence-electron chi connectivity index (χ3n) is 2.75. The van der Waals surface area contributed by atoms with Crippen molar-refractivity contribution in [2.45, 2.75) is 31.8 Å². The normalized spacial score (nSPS) is 14.9. The average Bonchev–Trinajstić information content (AvgIpc) is 2.40. The molecule has 0 bridgehead atoms. The van der Waals surface area contributed by atoms with Gasteiger partial charge in [-0.2, -0.15) is 31.4 Å². The van der Waals surface area contributed by atoms with Crippen LogP contribution in [0, 0.1) is 12.8 Å². The van der Waals surface area contributed by atoms with Gasteiger partial charge in [0.1, 0.15) is 0 Å². The van der Waals surface area contributed by atoms with E-state index in [-0.39, 0.29) is 16.4 Å². The maximum Gasteiger partial charge on any atom is 0.403 e. The highest BCUT2D eigenvalue weighted by atomic mass is 35.5. The summed E-state index contributed by atoms with van der Waals surface area (Å²) in [7, 11) is 1.32. The number of rotatable bonds is 3. The number of nitrogens with zero attached hydrogens (tertiary/aromatic N) is 2. The van der Waals surface area contributed by atoms with Gasteiger partial charge in [-0.3, -0.25) is 4.68 Å². The van der Waals surface area contributed by atoms with E-state index in [9.17, 15) is 31.4 Å². The van der Waals surface area contributed by atoms with Crippen molar-refractivity contribution in [1.82, 2.24) is 9.78 Å². The number of aliphatic hydroxyl groups excluding tert-OH is 1. The summed E-state index contributed by atoms with van der Waals surface area (Å²) < 4.78 is 75.7. The molecular weight excluding hydrogens is 314 g/mol. The van der Waals surface area contributed by atoms with Crippen molar-refractivity contribution in [3.05, 3.63) is 16.4 Å². The first-order chi connectivity index (χ1) is 8.85. The lowest BCUT2D eigenvalue weighted by atomic mass is 9.97. The molecule has 1 aromatic rings. The van der Waals surface area contributed by atoms with Gasteiger partial charge in [0.2, 0.25) is 0 Å². The Morgan fingerprint density at radius 1 is 1.20 bits per heavy atom. The number of hydrogen-bond acceptors (Lipinski definition) is 2. The number of aryl methyl sites for hydroxylation is 2. The van der Waals surface area contributed by atoms with Crippen LogP contribution in [0.15, 0.2) is 0 Å². The van der Waals surface area contributed by atoms with Crippen LogP contribution in [-0.4, -0.2) is 33.3 Å². The second-order valence-corrected chi connectivity index (χ2v) is 4.68. The molecule has 116 valence electrons. The van der Waals surface area contributed by atoms with Crippen LogP contribution in [0.3, 0.4) is 0 Å². The number of aromatic nitrogens is 2. The number of aliphatic hydroxyl groups is 1. The molecule has 0 aliphatic heterocycles. The van der Waals surface area contributed by atoms with Gasteiger partial charge in [0, 0.05) is 13.5 Å². The molecule has 0 aliphatic rings. The standard InChI is InChI=1S/C10H11ClF6N2O/c1-4-7(11)5(19(2)18-4)3-6(20)8(9(12,13)14)10(15,16)17/h6,8,20H,3H2,1-2H3. The van der Waals surface area contributed by atoms with Crippen molar-refractivity contribution in [3.63, 3.8) is 0 Å². The van der Waals surface area contributed by atoms with Crippen molar-refractivity contribution in [2.75, 3.05) is 0 Å². The van der Waals surface area contributed by atoms with Crippen LogP contribution in [0.4, 0.5) is 26.3 Å². The van der Waals surface area contributed by atoms with Crippen molar-refractivity contribution in [1.29, 1.82) is 0 Å². The minimum Gasteiger partial charge on any atom is -0.392 e. The van der Waals surface area contributed by atoms with Gasteiger partial charge in [0.25, 0.3) is 0 Å². The molecule has 3 nitrogen and oxygen atoms in total. The Balaban J connectivity index is 3.06. The van der Waals surface area contributed by atoms with Crippen LogP contribution in [0.1, 0.15) is 11.4 Å². The molecule has 0 saturated heterocycles. The van der Waals surface area contributed by atoms with E-state index < -0.39 is 30.8 Å². The first-order valence-electron chi connectivity index (χ1n) is 5.35. The van der Waals surface area contributed by atoms with Crippen LogP contribution in [0.5, 0.6) is 0 Å². The van der Waals surface area contributed by atoms with E-state index in [0.29, 0.717) is 0 Å². The lowest BCUT2D eigenvalue weighted by molar-refractivity contribution is -0.305. The van der Waals surface area contributed by atoms with Gasteiger partial charge in [-0.25, -0.2) is 0 Å². The van der Waals surface area contributed by atoms with E-state index in [1.807, 2.05) is 0 Å². The summed E-state index contributed by atoms with van der Waals surface area (Å²) in [5.74, 6) is -3.83. The van der Waals surface area contributed by atoms with Crippen LogP contribution in [-0.2, 0) is 13.5 Å². The van der Waals surface area contributed by atoms with E-state index >= 15 is 0 Å². The second-order valence-electron chi connectivity index (χ2n) is 4.30. The highest BCUT2D eigenvalue weighted by Crippen LogP contribution is 2.42. The minimum absolute atomic E-state index is 0.0605. The number of alkyl halides is 6. The van der Waals surface area contributed by atoms with Gasteiger partial charge in [0.15, 0.2) is 5.92 Å². The number of halogens is 7. The Labute approximate surface area is 115 Å². The van der Waals surface area contributed by atoms with Gasteiger partial charge in [-0.05, 0) is 6.92 Å². The van der Waals surface area contributed by atoms with E-state index in [0.717, 1.165) is 4.68 Å². The number of hydrogen-bond donors (Lipinski definition) is 1. The van der Waals surface area contributed by atoms with Crippen molar-refractivity contribution >= 4 is 11.6 Å². The Morgan fingerprint density at radius 2 is 1.65 bits per heavy atom. The predicted octanol–water partition coefficient (Wildman–Crippen LogP) is 3.03. The Kier molecular flexibility index (Phi) is 4.65. The first-order valence-corrected chi connectivity index (χ1v) is 5.73. The summed E-state index contributed by atoms with van der Waals surface area (Å²) >= 11 is 5.73. The smallest absolute Gasteiger partial charge is 0.392 e. The molecule has 0 saturated carbocycles. The third-order valence-corrected chi connectivity index (χ3v) is 3.25. The zero-order valence-electron chi connectivity index (χ0n) is 10.3. The van der Waals surface area contributed by atoms with Crippen molar-refractivity contribution in [2.24, 2.45) is 13.0 Å². The van der Waals surface area contributed by atoms with Gasteiger partial charge >= 0.3 is 12.4 Å². The fourth-order valence-electron chi connectivity index (χ4n) is 1.84. The van der Waals surface area contributed by atoms with E-state index in [1.54, 1.807) is 0 Å². The molecule has 0 amide bonds. The monoisotopic (exact) mass is 324 g/mol. The zero-order chi connectivity index (χ0) is 15.9. The van der Waals surface area contributed by atoms with Gasteiger partial charge in [0.05, 0.1) is 22.5 Å². The predicted molar refractivity (Wildman–Crippen MR) is 58.3 cm³/mol. The van der Waals surface area contributed by atoms with Crippen LogP contribution in [0.2, 0.25) is 5.02 Å². The van der Waals surface area contributed by atoms with E-state index in [4.69, 9.17) is 11.6 Å². The van der Waals surface area contributed by atoms with Gasteiger partial charge in [-0.15, -0.1) is 0 Å². The third kappa shape index (κ3) is 3.57. The maximum absolute atomic E-state index is 12.4. The molecular formula is C10H11ClF6N2O. The molecule has 1 heterocycles. The zero-order valence-corrected chi connectivity index (χ0v) is 11.1. The van der Waals surface area contributed by atoms with Crippen LogP contribution in [0.25, 0.3) is 0 Å². The largest absolute Gasteiger partial charge is 0.403 e. The Hall–Kier alpha value is -0.960. The van der Waals surface area contributed by atoms with Gasteiger partial charge in [-0.1, -0.05) is 11.6 Å². The van der Waals surface area contributed by atoms with E-state index in [1.165, 1.54) is 14.0 Å². The molecule has 1 N–H and O–H groups in total. The minimum atomic E-state index is -5.60. The summed E-state index contributed by atoms with van der Waals surface area (Å²) in [4.78, 5) is 0. The Bertz CT molecular complexity index is 467. The molecule has 1 aromatic heterocycles. The lowest BCUT2D eigenvalue weighted by Gasteiger charge is -2.27. The second kappa shape index (κ2) is 5.44. The molecule has 1 rings (SSSR count). The van der Waals surface area contributed by atoms with Gasteiger partial charge < -0.3 is 5.11 Å². The highest BCUT2D eigenvalue weighted by molar-refractivity contribution is 6.31. The van der Waals surface area contributed by atoms with Crippen molar-refractivity contribution in [3.8, 4) is 0 Å². The fourth-order valence-corrected chi connectivity index (χ4v) is 2.08. The molecule has 10 heteroatoms. The molecule has 0 spiro atoms. The fraction of sp³-hybridized carbons (Fsp3) is 0.700. The highest BCUT2D eigenvalue weighted by Gasteiger charge is 2.60. The Morgan fingerprint density at radius 3 is 1.95 bits per heavy atom. The quantitative estimate of drug-likeness (QED) is 0.868. The molecule has 0 radical (unpaired) electrons. The molecule has 20 heavy (non-hydrogen) atoms. The molecule has 0 aromatic carbocycles. The van der Waals surface area contributed by atoms with Crippen LogP contribution >= 0.6 is 11.6 Å². The maximum atomic E-state index is 12.4. The van der Waals surface area contributed by atoms with Crippen molar-refractivity contribution < 1.29 is 31.4 Å². The molecule has 1 atom stereocenters. The average molecular weight is 325 g/mol. The van der Waals surface area contributed by atoms with Crippen LogP contribution < -0.4 is 0 Å². The summed E-state index contributed by atoms with van der Waals surface area (Å²) in [5, 5.41) is 13.0. The SMILES string of the molecule is Cc1nn(C)c(CC(O)C(C(F)(F)F)C(F)(F)F)c1Cl. The van der Waals surface area contributed by atoms with E-state index in [2.05, 4.69) is 5.10 Å².